The van der Waals surface area contributed by atoms with Gasteiger partial charge in [0.2, 0.25) is 12.5 Å². The molecule has 0 aromatic heterocycles. The Morgan fingerprint density at radius 3 is 2.18 bits per heavy atom. The van der Waals surface area contributed by atoms with Crippen LogP contribution in [0, 0.1) is 11.8 Å². The van der Waals surface area contributed by atoms with Crippen molar-refractivity contribution in [2.45, 2.75) is 88.2 Å². The largest absolute Gasteiger partial charge is 0.493 e. The summed E-state index contributed by atoms with van der Waals surface area (Å²) in [7, 11) is 5.75. The van der Waals surface area contributed by atoms with E-state index in [9.17, 15) is 34.5 Å². The number of aliphatic hydroxyl groups is 3. The average molecular weight is 875 g/mol. The first-order chi connectivity index (χ1) is 29.5. The number of Topliss-reactive ketones (excluding diaryl/α,β-unsaturated/α-hetero) is 1. The lowest BCUT2D eigenvalue weighted by Gasteiger charge is -2.47. The van der Waals surface area contributed by atoms with Crippen molar-refractivity contribution in [1.82, 2.24) is 9.80 Å². The molecule has 0 spiro atoms. The Balaban J connectivity index is 1.11. The Labute approximate surface area is 357 Å². The number of fused-ring (bicyclic) bond motifs is 4. The number of esters is 1. The van der Waals surface area contributed by atoms with Crippen molar-refractivity contribution in [2.75, 3.05) is 68.0 Å². The first-order valence-electron chi connectivity index (χ1n) is 20.3. The molecule has 2 amide bonds. The lowest BCUT2D eigenvalue weighted by Crippen LogP contribution is -2.63. The predicted molar refractivity (Wildman–Crippen MR) is 210 cm³/mol. The minimum atomic E-state index is -1.51. The summed E-state index contributed by atoms with van der Waals surface area (Å²) >= 11 is 0. The smallest absolute Gasteiger partial charge is 0.415 e. The van der Waals surface area contributed by atoms with Gasteiger partial charge in [-0.25, -0.2) is 9.59 Å². The zero-order valence-corrected chi connectivity index (χ0v) is 35.6. The second-order valence-corrected chi connectivity index (χ2v) is 16.4. The van der Waals surface area contributed by atoms with Crippen molar-refractivity contribution >= 4 is 23.9 Å². The van der Waals surface area contributed by atoms with Gasteiger partial charge >= 0.3 is 18.2 Å². The van der Waals surface area contributed by atoms with Gasteiger partial charge in [0.25, 0.3) is 0 Å². The quantitative estimate of drug-likeness (QED) is 0.231. The number of hydrogen-bond acceptors (Lipinski definition) is 18. The van der Waals surface area contributed by atoms with E-state index >= 15 is 0 Å². The van der Waals surface area contributed by atoms with Crippen LogP contribution in [-0.2, 0) is 38.0 Å². The molecule has 0 saturated carbocycles. The maximum Gasteiger partial charge on any atom is 0.415 e. The molecule has 3 N–H and O–H groups in total. The summed E-state index contributed by atoms with van der Waals surface area (Å²) in [4.78, 5) is 53.7. The van der Waals surface area contributed by atoms with Crippen LogP contribution in [0.1, 0.15) is 62.3 Å². The fourth-order valence-electron chi connectivity index (χ4n) is 8.56. The van der Waals surface area contributed by atoms with Gasteiger partial charge in [-0.3, -0.25) is 9.59 Å². The lowest BCUT2D eigenvalue weighted by atomic mass is 9.66. The summed E-state index contributed by atoms with van der Waals surface area (Å²) in [5.74, 6) is -1.82. The second kappa shape index (κ2) is 18.4. The van der Waals surface area contributed by atoms with Gasteiger partial charge in [0.05, 0.1) is 51.7 Å². The first kappa shape index (κ1) is 45.1. The van der Waals surface area contributed by atoms with E-state index in [1.54, 1.807) is 31.2 Å². The van der Waals surface area contributed by atoms with Crippen LogP contribution in [0.15, 0.2) is 24.3 Å². The van der Waals surface area contributed by atoms with E-state index < -0.39 is 84.6 Å². The molecule has 62 heavy (non-hydrogen) atoms. The van der Waals surface area contributed by atoms with Gasteiger partial charge in [-0.15, -0.1) is 0 Å². The van der Waals surface area contributed by atoms with Gasteiger partial charge in [-0.05, 0) is 61.7 Å². The Morgan fingerprint density at radius 1 is 0.887 bits per heavy atom. The van der Waals surface area contributed by atoms with Crippen molar-refractivity contribution in [1.29, 1.82) is 0 Å². The predicted octanol–water partition coefficient (Wildman–Crippen LogP) is 2.25. The Hall–Kier alpha value is -4.96. The number of hydrogen-bond donors (Lipinski definition) is 3. The van der Waals surface area contributed by atoms with Crippen LogP contribution >= 0.6 is 0 Å². The van der Waals surface area contributed by atoms with E-state index in [-0.39, 0.29) is 75.6 Å². The van der Waals surface area contributed by atoms with Gasteiger partial charge in [-0.1, -0.05) is 0 Å². The molecule has 2 aromatic carbocycles. The number of ether oxygens (including phenoxy) is 11. The molecule has 11 atom stereocenters. The SMILES string of the molecule is COc1cc(C2c3cc4c(cc3C(O[C@@H]3O[C@@H]5COC(C)O[C@H]5[C@H](O)[C@H]3O)C3COC(=O)C23)OCO4)cc(OC)c1OC(=O)N(C)CCN(C)C(=O)OCCC(C)(O)CC(C)=O. The monoisotopic (exact) mass is 874 g/mol. The molecule has 6 unspecified atom stereocenters. The number of cyclic esters (lactones) is 1. The summed E-state index contributed by atoms with van der Waals surface area (Å²) in [5, 5.41) is 32.6. The van der Waals surface area contributed by atoms with E-state index in [1.807, 2.05) is 0 Å². The highest BCUT2D eigenvalue weighted by molar-refractivity contribution is 5.79. The maximum absolute atomic E-state index is 13.8. The van der Waals surface area contributed by atoms with Crippen molar-refractivity contribution in [3.63, 3.8) is 0 Å². The van der Waals surface area contributed by atoms with E-state index in [1.165, 1.54) is 52.0 Å². The van der Waals surface area contributed by atoms with Crippen LogP contribution in [-0.4, -0.2) is 160 Å². The van der Waals surface area contributed by atoms with Gasteiger partial charge in [0, 0.05) is 51.9 Å². The molecule has 20 nitrogen and oxygen atoms in total. The fraction of sp³-hybridized carbons (Fsp3) is 0.619. The summed E-state index contributed by atoms with van der Waals surface area (Å²) in [6.07, 6.45) is -8.75. The molecule has 2 aromatic rings. The number of carbonyl (C=O) groups is 4. The molecule has 4 heterocycles. The number of nitrogens with zero attached hydrogens (tertiary/aromatic N) is 2. The molecule has 20 heteroatoms. The summed E-state index contributed by atoms with van der Waals surface area (Å²) < 4.78 is 63.8. The molecule has 3 saturated heterocycles. The number of rotatable bonds is 14. The Kier molecular flexibility index (Phi) is 13.4. The van der Waals surface area contributed by atoms with Crippen LogP contribution in [0.5, 0.6) is 28.7 Å². The van der Waals surface area contributed by atoms with Crippen LogP contribution in [0.3, 0.4) is 0 Å². The van der Waals surface area contributed by atoms with E-state index in [4.69, 9.17) is 52.1 Å². The molecule has 3 fully saturated rings. The number of carbonyl (C=O) groups excluding carboxylic acids is 4. The number of likely N-dealkylation sites (N-methyl/N-ethyl adjacent to an activating group) is 2. The normalized spacial score (nSPS) is 29.2. The number of ketones is 1. The van der Waals surface area contributed by atoms with E-state index in [2.05, 4.69) is 0 Å². The Bertz CT molecular complexity index is 1980. The lowest BCUT2D eigenvalue weighted by molar-refractivity contribution is -0.364. The van der Waals surface area contributed by atoms with Gasteiger partial charge in [0.15, 0.2) is 35.6 Å². The topological polar surface area (TPSA) is 237 Å². The van der Waals surface area contributed by atoms with Crippen molar-refractivity contribution in [2.24, 2.45) is 11.8 Å². The van der Waals surface area contributed by atoms with Crippen molar-refractivity contribution < 1.29 is 86.6 Å². The standard InChI is InChI=1S/C42H54N2O18/c1-20(45)16-42(3,51)8-11-54-40(49)43(4)9-10-44(5)41(50)62-36-28(52-6)12-22(13-29(36)53-7)31-23-14-26-27(58-19-57-26)15-24(23)35(25-17-56-38(48)32(25)31)61-39-34(47)33(46)37-30(60-39)18-55-21(2)59-37/h12-15,21,25,30-35,37,39,46-47,51H,8-11,16-19H2,1-7H3/t21?,25?,30-,31?,32?,33-,34-,35?,37-,39+,42?/m1/s1. The summed E-state index contributed by atoms with van der Waals surface area (Å²) in [5.41, 5.74) is 0.439. The zero-order chi connectivity index (χ0) is 44.6. The molecule has 5 aliphatic rings. The third-order valence-corrected chi connectivity index (χ3v) is 11.8. The molecule has 0 bridgehead atoms. The highest BCUT2D eigenvalue weighted by Gasteiger charge is 2.56. The maximum atomic E-state index is 13.8. The second-order valence-electron chi connectivity index (χ2n) is 16.4. The molecule has 0 radical (unpaired) electrons. The summed E-state index contributed by atoms with van der Waals surface area (Å²) in [6.45, 7) is 4.58. The van der Waals surface area contributed by atoms with Crippen LogP contribution in [0.2, 0.25) is 0 Å². The fourth-order valence-corrected chi connectivity index (χ4v) is 8.56. The Morgan fingerprint density at radius 2 is 1.53 bits per heavy atom. The van der Waals surface area contributed by atoms with Crippen molar-refractivity contribution in [3.8, 4) is 28.7 Å². The molecule has 1 aliphatic carbocycles. The van der Waals surface area contributed by atoms with Crippen LogP contribution in [0.4, 0.5) is 9.59 Å². The van der Waals surface area contributed by atoms with E-state index in [0.29, 0.717) is 28.2 Å². The minimum absolute atomic E-state index is 0.0356. The van der Waals surface area contributed by atoms with Crippen molar-refractivity contribution in [3.05, 3.63) is 41.0 Å². The number of aliphatic hydroxyl groups excluding tert-OH is 2. The molecule has 340 valence electrons. The third-order valence-electron chi connectivity index (χ3n) is 11.8. The highest BCUT2D eigenvalue weighted by Crippen LogP contribution is 2.57. The highest BCUT2D eigenvalue weighted by atomic mass is 16.8. The summed E-state index contributed by atoms with van der Waals surface area (Å²) in [6, 6.07) is 6.80. The molecular weight excluding hydrogens is 820 g/mol. The van der Waals surface area contributed by atoms with Crippen LogP contribution in [0.25, 0.3) is 0 Å². The van der Waals surface area contributed by atoms with Gasteiger partial charge in [-0.2, -0.15) is 0 Å². The number of amides is 2. The number of methoxy groups -OCH3 is 2. The van der Waals surface area contributed by atoms with E-state index in [0.717, 1.165) is 0 Å². The van der Waals surface area contributed by atoms with Gasteiger partial charge in [0.1, 0.15) is 30.2 Å². The van der Waals surface area contributed by atoms with Crippen LogP contribution < -0.4 is 23.7 Å². The zero-order valence-electron chi connectivity index (χ0n) is 35.6. The number of benzene rings is 2. The third kappa shape index (κ3) is 9.22. The molecule has 7 rings (SSSR count). The van der Waals surface area contributed by atoms with Gasteiger partial charge < -0.3 is 77.2 Å². The molecule has 4 aliphatic heterocycles. The molecular formula is C42H54N2O18. The minimum Gasteiger partial charge on any atom is -0.493 e. The average Bonchev–Trinajstić information content (AvgIpc) is 3.86. The first-order valence-corrected chi connectivity index (χ1v) is 20.3.